The van der Waals surface area contributed by atoms with Gasteiger partial charge < -0.3 is 10.0 Å². The van der Waals surface area contributed by atoms with Gasteiger partial charge in [-0.15, -0.1) is 0 Å². The number of amides is 2. The van der Waals surface area contributed by atoms with Crippen LogP contribution in [0.4, 0.5) is 0 Å². The number of hydrazone groups is 1. The van der Waals surface area contributed by atoms with Crippen LogP contribution >= 0.6 is 0 Å². The smallest absolute Gasteiger partial charge is 0.275 e. The van der Waals surface area contributed by atoms with Gasteiger partial charge in [-0.2, -0.15) is 5.10 Å². The Bertz CT molecular complexity index is 1530. The Morgan fingerprint density at radius 2 is 1.33 bits per heavy atom. The third-order valence-electron chi connectivity index (χ3n) is 7.49. The molecule has 0 aliphatic carbocycles. The lowest BCUT2D eigenvalue weighted by Gasteiger charge is -2.24. The highest BCUT2D eigenvalue weighted by Gasteiger charge is 2.25. The van der Waals surface area contributed by atoms with Gasteiger partial charge in [0.1, 0.15) is 11.5 Å². The molecule has 0 spiro atoms. The molecular formula is C36H39N3O4. The molecule has 2 amide bonds. The molecule has 7 nitrogen and oxygen atoms in total. The zero-order valence-electron chi connectivity index (χ0n) is 24.8. The fourth-order valence-corrected chi connectivity index (χ4v) is 5.21. The number of ketones is 1. The van der Waals surface area contributed by atoms with Crippen LogP contribution in [-0.4, -0.2) is 33.3 Å². The van der Waals surface area contributed by atoms with Crippen LogP contribution in [0.2, 0.25) is 0 Å². The van der Waals surface area contributed by atoms with Gasteiger partial charge >= 0.3 is 0 Å². The van der Waals surface area contributed by atoms with Gasteiger partial charge in [0.25, 0.3) is 5.91 Å². The lowest BCUT2D eigenvalue weighted by molar-refractivity contribution is -0.134. The first-order valence-electron chi connectivity index (χ1n) is 14.9. The van der Waals surface area contributed by atoms with E-state index in [1.54, 1.807) is 17.0 Å². The molecule has 4 aromatic carbocycles. The lowest BCUT2D eigenvalue weighted by atomic mass is 9.90. The van der Waals surface area contributed by atoms with Crippen molar-refractivity contribution in [1.82, 2.24) is 10.3 Å². The van der Waals surface area contributed by atoms with E-state index in [1.165, 1.54) is 0 Å². The minimum atomic E-state index is -0.549. The average Bonchev–Trinajstić information content (AvgIpc) is 3.03. The fraction of sp³-hybridized carbons (Fsp3) is 0.278. The van der Waals surface area contributed by atoms with Crippen LogP contribution < -0.4 is 5.43 Å². The molecule has 0 radical (unpaired) electrons. The first kappa shape index (κ1) is 31.2. The molecule has 43 heavy (non-hydrogen) atoms. The van der Waals surface area contributed by atoms with Crippen molar-refractivity contribution in [2.45, 2.75) is 59.0 Å². The van der Waals surface area contributed by atoms with E-state index in [0.29, 0.717) is 31.6 Å². The Kier molecular flexibility index (Phi) is 11.2. The second kappa shape index (κ2) is 15.4. The lowest BCUT2D eigenvalue weighted by Crippen LogP contribution is -2.32. The molecule has 0 bridgehead atoms. The first-order chi connectivity index (χ1) is 20.9. The van der Waals surface area contributed by atoms with E-state index < -0.39 is 11.8 Å². The number of carbonyl (C=O) groups excluding carboxylic acids is 3. The summed E-state index contributed by atoms with van der Waals surface area (Å²) in [5.74, 6) is -1.38. The number of hydrogen-bond donors (Lipinski definition) is 2. The number of fused-ring (bicyclic) bond motifs is 1. The molecule has 0 saturated heterocycles. The van der Waals surface area contributed by atoms with Crippen LogP contribution in [0, 0.1) is 5.92 Å². The van der Waals surface area contributed by atoms with Crippen LogP contribution in [0.1, 0.15) is 67.4 Å². The number of hydrogen-bond acceptors (Lipinski definition) is 5. The normalized spacial score (nSPS) is 12.1. The summed E-state index contributed by atoms with van der Waals surface area (Å²) in [4.78, 5) is 41.6. The first-order valence-corrected chi connectivity index (χ1v) is 14.9. The fourth-order valence-electron chi connectivity index (χ4n) is 5.21. The van der Waals surface area contributed by atoms with Crippen molar-refractivity contribution in [3.8, 4) is 5.75 Å². The minimum Gasteiger partial charge on any atom is -0.507 e. The zero-order chi connectivity index (χ0) is 30.6. The summed E-state index contributed by atoms with van der Waals surface area (Å²) in [5.41, 5.74) is 5.29. The molecule has 4 rings (SSSR count). The summed E-state index contributed by atoms with van der Waals surface area (Å²) in [5, 5.41) is 16.5. The van der Waals surface area contributed by atoms with Gasteiger partial charge in [0.2, 0.25) is 5.91 Å². The summed E-state index contributed by atoms with van der Waals surface area (Å²) >= 11 is 0. The maximum Gasteiger partial charge on any atom is 0.275 e. The van der Waals surface area contributed by atoms with E-state index in [-0.39, 0.29) is 35.8 Å². The van der Waals surface area contributed by atoms with Crippen molar-refractivity contribution in [2.75, 3.05) is 0 Å². The molecule has 0 fully saturated rings. The number of aromatic hydroxyl groups is 1. The van der Waals surface area contributed by atoms with E-state index in [9.17, 15) is 19.5 Å². The highest BCUT2D eigenvalue weighted by atomic mass is 16.3. The highest BCUT2D eigenvalue weighted by Crippen LogP contribution is 2.25. The van der Waals surface area contributed by atoms with Crippen LogP contribution in [0.3, 0.4) is 0 Å². The molecule has 1 atom stereocenters. The molecule has 4 aromatic rings. The molecule has 0 saturated carbocycles. The van der Waals surface area contributed by atoms with Gasteiger partial charge in [0.15, 0.2) is 0 Å². The maximum atomic E-state index is 13.4. The van der Waals surface area contributed by atoms with Gasteiger partial charge in [0, 0.05) is 31.6 Å². The monoisotopic (exact) mass is 577 g/mol. The van der Waals surface area contributed by atoms with E-state index in [4.69, 9.17) is 0 Å². The quantitative estimate of drug-likeness (QED) is 0.124. The second-order valence-corrected chi connectivity index (χ2v) is 10.7. The van der Waals surface area contributed by atoms with Gasteiger partial charge in [-0.3, -0.25) is 14.4 Å². The Labute approximate surface area is 253 Å². The van der Waals surface area contributed by atoms with Crippen molar-refractivity contribution >= 4 is 34.1 Å². The predicted octanol–water partition coefficient (Wildman–Crippen LogP) is 7.04. The second-order valence-electron chi connectivity index (χ2n) is 10.7. The van der Waals surface area contributed by atoms with E-state index in [1.807, 2.05) is 98.8 Å². The standard InChI is InChI=1S/C36H39N3O4/c1-3-13-32(37-38-36(43)31-22-28-18-11-12-19-29(28)23-34(31)41)30(4-2)33(40)20-21-35(42)39(24-26-14-7-5-8-15-26)25-27-16-9-6-10-17-27/h5-12,14-19,22-23,30,41H,3-4,13,20-21,24-25H2,1-2H3,(H,38,43)/b37-32+/t30-/m0/s1. The summed E-state index contributed by atoms with van der Waals surface area (Å²) in [6.07, 6.45) is 1.93. The number of nitrogens with zero attached hydrogens (tertiary/aromatic N) is 2. The minimum absolute atomic E-state index is 0.0785. The third-order valence-corrected chi connectivity index (χ3v) is 7.49. The summed E-state index contributed by atoms with van der Waals surface area (Å²) < 4.78 is 0. The van der Waals surface area contributed by atoms with E-state index in [2.05, 4.69) is 10.5 Å². The number of phenolic OH excluding ortho intramolecular Hbond substituents is 1. The van der Waals surface area contributed by atoms with Crippen LogP contribution in [0.15, 0.2) is 102 Å². The van der Waals surface area contributed by atoms with Crippen molar-refractivity contribution in [3.05, 3.63) is 114 Å². The molecule has 0 unspecified atom stereocenters. The summed E-state index contributed by atoms with van der Waals surface area (Å²) in [6, 6.07) is 30.3. The Balaban J connectivity index is 1.44. The third kappa shape index (κ3) is 8.61. The van der Waals surface area contributed by atoms with Crippen molar-refractivity contribution in [3.63, 3.8) is 0 Å². The van der Waals surface area contributed by atoms with Gasteiger partial charge in [0.05, 0.1) is 11.5 Å². The Hall–Kier alpha value is -4.78. The summed E-state index contributed by atoms with van der Waals surface area (Å²) in [6.45, 7) is 4.80. The SMILES string of the molecule is CCC/C(=N\NC(=O)c1cc2ccccc2cc1O)[C@H](CC)C(=O)CCC(=O)N(Cc1ccccc1)Cc1ccccc1. The van der Waals surface area contributed by atoms with E-state index >= 15 is 0 Å². The predicted molar refractivity (Wildman–Crippen MR) is 171 cm³/mol. The molecule has 2 N–H and O–H groups in total. The number of rotatable bonds is 14. The number of nitrogens with one attached hydrogen (secondary N) is 1. The number of carbonyl (C=O) groups is 3. The number of phenols is 1. The summed E-state index contributed by atoms with van der Waals surface area (Å²) in [7, 11) is 0. The zero-order valence-corrected chi connectivity index (χ0v) is 24.8. The Morgan fingerprint density at radius 3 is 1.88 bits per heavy atom. The molecular weight excluding hydrogens is 538 g/mol. The molecule has 0 aliphatic heterocycles. The van der Waals surface area contributed by atoms with Crippen LogP contribution in [0.25, 0.3) is 10.8 Å². The van der Waals surface area contributed by atoms with Gasteiger partial charge in [-0.25, -0.2) is 5.43 Å². The Morgan fingerprint density at radius 1 is 0.767 bits per heavy atom. The molecule has 222 valence electrons. The molecule has 0 aromatic heterocycles. The molecule has 0 heterocycles. The van der Waals surface area contributed by atoms with Crippen molar-refractivity contribution in [2.24, 2.45) is 11.0 Å². The molecule has 7 heteroatoms. The van der Waals surface area contributed by atoms with Crippen LogP contribution in [0.5, 0.6) is 5.75 Å². The van der Waals surface area contributed by atoms with Crippen molar-refractivity contribution in [1.29, 1.82) is 0 Å². The van der Waals surface area contributed by atoms with Gasteiger partial charge in [-0.05, 0) is 46.9 Å². The van der Waals surface area contributed by atoms with E-state index in [0.717, 1.165) is 28.3 Å². The topological polar surface area (TPSA) is 99.1 Å². The average molecular weight is 578 g/mol. The molecule has 0 aliphatic rings. The number of benzene rings is 4. The van der Waals surface area contributed by atoms with Crippen LogP contribution in [-0.2, 0) is 22.7 Å². The largest absolute Gasteiger partial charge is 0.507 e. The highest BCUT2D eigenvalue weighted by molar-refractivity contribution is 6.07. The van der Waals surface area contributed by atoms with Crippen molar-refractivity contribution < 1.29 is 19.5 Å². The maximum absolute atomic E-state index is 13.4. The number of Topliss-reactive ketones (excluding diaryl/α,β-unsaturated/α-hetero) is 1. The van der Waals surface area contributed by atoms with Gasteiger partial charge in [-0.1, -0.05) is 105 Å².